The largest absolute Gasteiger partial charge is 0.486 e. The number of rotatable bonds is 2. The molecule has 0 spiro atoms. The van der Waals surface area contributed by atoms with Gasteiger partial charge in [0.1, 0.15) is 18.9 Å². The molecule has 1 aromatic carbocycles. The second-order valence-corrected chi connectivity index (χ2v) is 4.61. The van der Waals surface area contributed by atoms with Crippen molar-refractivity contribution in [1.29, 1.82) is 0 Å². The summed E-state index contributed by atoms with van der Waals surface area (Å²) in [5.74, 6) is 0.965. The zero-order valence-corrected chi connectivity index (χ0v) is 11.2. The lowest BCUT2D eigenvalue weighted by Gasteiger charge is -2.18. The Bertz CT molecular complexity index is 661. The number of ether oxygens (including phenoxy) is 2. The number of carbonyl (C=O) groups is 1. The quantitative estimate of drug-likeness (QED) is 0.924. The monoisotopic (exact) mass is 290 g/mol. The molecule has 0 fully saturated rings. The van der Waals surface area contributed by atoms with E-state index in [9.17, 15) is 4.79 Å². The first-order valence-corrected chi connectivity index (χ1v) is 6.43. The van der Waals surface area contributed by atoms with Crippen molar-refractivity contribution in [2.45, 2.75) is 0 Å². The molecule has 0 atom stereocenters. The van der Waals surface area contributed by atoms with Crippen LogP contribution in [0.5, 0.6) is 11.5 Å². The highest BCUT2D eigenvalue weighted by Crippen LogP contribution is 2.32. The lowest BCUT2D eigenvalue weighted by atomic mass is 10.2. The van der Waals surface area contributed by atoms with E-state index in [-0.39, 0.29) is 11.6 Å². The van der Waals surface area contributed by atoms with Gasteiger partial charge in [-0.15, -0.1) is 0 Å². The first-order chi connectivity index (χ1) is 9.72. The number of hydrogen-bond acceptors (Lipinski definition) is 4. The third-order valence-corrected chi connectivity index (χ3v) is 2.99. The van der Waals surface area contributed by atoms with Gasteiger partial charge in [-0.05, 0) is 24.3 Å². The maximum atomic E-state index is 12.0. The van der Waals surface area contributed by atoms with E-state index in [0.717, 1.165) is 0 Å². The Hall–Kier alpha value is -2.27. The molecule has 20 heavy (non-hydrogen) atoms. The molecule has 5 nitrogen and oxygen atoms in total. The van der Waals surface area contributed by atoms with Crippen LogP contribution in [-0.2, 0) is 0 Å². The van der Waals surface area contributed by atoms with E-state index in [4.69, 9.17) is 21.1 Å². The number of amides is 1. The number of benzene rings is 1. The first-order valence-electron chi connectivity index (χ1n) is 6.05. The van der Waals surface area contributed by atoms with Gasteiger partial charge in [0.05, 0.1) is 0 Å². The topological polar surface area (TPSA) is 60.5 Å². The van der Waals surface area contributed by atoms with Crippen molar-refractivity contribution in [2.24, 2.45) is 0 Å². The fraction of sp³-hybridized carbons (Fsp3) is 0.143. The van der Waals surface area contributed by atoms with Gasteiger partial charge >= 0.3 is 0 Å². The molecule has 102 valence electrons. The number of pyridine rings is 1. The van der Waals surface area contributed by atoms with Crippen molar-refractivity contribution in [2.75, 3.05) is 18.5 Å². The summed E-state index contributed by atoms with van der Waals surface area (Å²) in [6, 6.07) is 8.35. The molecule has 1 amide bonds. The molecule has 1 N–H and O–H groups in total. The Morgan fingerprint density at radius 2 is 1.95 bits per heavy atom. The fourth-order valence-electron chi connectivity index (χ4n) is 1.85. The molecule has 1 aliphatic rings. The van der Waals surface area contributed by atoms with Gasteiger partial charge in [-0.1, -0.05) is 11.6 Å². The smallest absolute Gasteiger partial charge is 0.274 e. The minimum atomic E-state index is -0.329. The maximum absolute atomic E-state index is 12.0. The molecule has 0 unspecified atom stereocenters. The average molecular weight is 291 g/mol. The van der Waals surface area contributed by atoms with Crippen molar-refractivity contribution >= 4 is 23.2 Å². The van der Waals surface area contributed by atoms with E-state index < -0.39 is 0 Å². The van der Waals surface area contributed by atoms with Gasteiger partial charge in [0, 0.05) is 23.0 Å². The van der Waals surface area contributed by atoms with Crippen LogP contribution in [0.4, 0.5) is 5.69 Å². The second kappa shape index (κ2) is 5.38. The molecule has 6 heteroatoms. The number of nitrogens with zero attached hydrogens (tertiary/aromatic N) is 1. The minimum absolute atomic E-state index is 0.257. The van der Waals surface area contributed by atoms with E-state index in [1.807, 2.05) is 0 Å². The predicted molar refractivity (Wildman–Crippen MR) is 74.6 cm³/mol. The number of fused-ring (bicyclic) bond motifs is 1. The summed E-state index contributed by atoms with van der Waals surface area (Å²) in [4.78, 5) is 16.0. The summed E-state index contributed by atoms with van der Waals surface area (Å²) >= 11 is 5.83. The van der Waals surface area contributed by atoms with Crippen LogP contribution >= 0.6 is 11.6 Å². The summed E-state index contributed by atoms with van der Waals surface area (Å²) < 4.78 is 10.9. The average Bonchev–Trinajstić information content (AvgIpc) is 2.47. The van der Waals surface area contributed by atoms with Gasteiger partial charge in [0.25, 0.3) is 5.91 Å². The Labute approximate surface area is 120 Å². The van der Waals surface area contributed by atoms with Gasteiger partial charge in [-0.25, -0.2) is 0 Å². The Morgan fingerprint density at radius 3 is 2.75 bits per heavy atom. The molecule has 0 saturated heterocycles. The van der Waals surface area contributed by atoms with Crippen LogP contribution < -0.4 is 14.8 Å². The summed E-state index contributed by atoms with van der Waals surface area (Å²) in [6.07, 6.45) is 1.49. The molecular weight excluding hydrogens is 280 g/mol. The van der Waals surface area contributed by atoms with Gasteiger partial charge in [0.15, 0.2) is 11.5 Å². The molecule has 0 saturated carbocycles. The van der Waals surface area contributed by atoms with Gasteiger partial charge in [-0.2, -0.15) is 0 Å². The van der Waals surface area contributed by atoms with Crippen LogP contribution in [0.25, 0.3) is 0 Å². The van der Waals surface area contributed by atoms with E-state index in [2.05, 4.69) is 10.3 Å². The van der Waals surface area contributed by atoms with Crippen LogP contribution in [0.1, 0.15) is 10.5 Å². The molecule has 0 aliphatic carbocycles. The molecule has 1 aromatic heterocycles. The molecule has 2 aromatic rings. The molecule has 2 heterocycles. The third kappa shape index (κ3) is 2.67. The molecule has 0 bridgehead atoms. The van der Waals surface area contributed by atoms with Crippen LogP contribution in [0.15, 0.2) is 36.5 Å². The number of aromatic nitrogens is 1. The number of carbonyl (C=O) groups excluding carboxylic acids is 1. The minimum Gasteiger partial charge on any atom is -0.486 e. The summed E-state index contributed by atoms with van der Waals surface area (Å²) in [6.45, 7) is 1.03. The van der Waals surface area contributed by atoms with Crippen LogP contribution in [0, 0.1) is 0 Å². The summed E-state index contributed by atoms with van der Waals surface area (Å²) in [5, 5.41) is 3.21. The standard InChI is InChI=1S/C14H11ClN2O3/c15-9-3-4-16-11(7-9)14(18)17-10-1-2-12-13(8-10)20-6-5-19-12/h1-4,7-8H,5-6H2,(H,17,18). The highest BCUT2D eigenvalue weighted by Gasteiger charge is 2.14. The van der Waals surface area contributed by atoms with Gasteiger partial charge in [-0.3, -0.25) is 9.78 Å². The van der Waals surface area contributed by atoms with E-state index in [1.54, 1.807) is 24.3 Å². The molecule has 3 rings (SSSR count). The van der Waals surface area contributed by atoms with Crippen molar-refractivity contribution < 1.29 is 14.3 Å². The van der Waals surface area contributed by atoms with E-state index in [1.165, 1.54) is 12.3 Å². The summed E-state index contributed by atoms with van der Waals surface area (Å²) in [5.41, 5.74) is 0.869. The zero-order valence-electron chi connectivity index (χ0n) is 10.4. The summed E-state index contributed by atoms with van der Waals surface area (Å²) in [7, 11) is 0. The Balaban J connectivity index is 1.79. The lowest BCUT2D eigenvalue weighted by Crippen LogP contribution is -2.17. The maximum Gasteiger partial charge on any atom is 0.274 e. The van der Waals surface area contributed by atoms with Crippen LogP contribution in [0.2, 0.25) is 5.02 Å². The zero-order chi connectivity index (χ0) is 13.9. The van der Waals surface area contributed by atoms with Crippen LogP contribution in [0.3, 0.4) is 0 Å². The van der Waals surface area contributed by atoms with Gasteiger partial charge < -0.3 is 14.8 Å². The SMILES string of the molecule is O=C(Nc1ccc2c(c1)OCCO2)c1cc(Cl)ccn1. The fourth-order valence-corrected chi connectivity index (χ4v) is 2.00. The Kier molecular flexibility index (Phi) is 3.43. The van der Waals surface area contributed by atoms with E-state index in [0.29, 0.717) is 35.4 Å². The number of halogens is 1. The van der Waals surface area contributed by atoms with Crippen molar-refractivity contribution in [3.63, 3.8) is 0 Å². The Morgan fingerprint density at radius 1 is 1.15 bits per heavy atom. The van der Waals surface area contributed by atoms with Crippen molar-refractivity contribution in [3.05, 3.63) is 47.2 Å². The predicted octanol–water partition coefficient (Wildman–Crippen LogP) is 2.76. The van der Waals surface area contributed by atoms with Crippen molar-refractivity contribution in [3.8, 4) is 11.5 Å². The second-order valence-electron chi connectivity index (χ2n) is 4.17. The number of anilines is 1. The number of hydrogen-bond donors (Lipinski definition) is 1. The lowest BCUT2D eigenvalue weighted by molar-refractivity contribution is 0.102. The molecule has 1 aliphatic heterocycles. The van der Waals surface area contributed by atoms with Crippen LogP contribution in [-0.4, -0.2) is 24.1 Å². The molecular formula is C14H11ClN2O3. The third-order valence-electron chi connectivity index (χ3n) is 2.75. The van der Waals surface area contributed by atoms with Gasteiger partial charge in [0.2, 0.25) is 0 Å². The molecule has 0 radical (unpaired) electrons. The normalized spacial score (nSPS) is 12.8. The highest BCUT2D eigenvalue weighted by atomic mass is 35.5. The first kappa shape index (κ1) is 12.7. The van der Waals surface area contributed by atoms with E-state index >= 15 is 0 Å². The van der Waals surface area contributed by atoms with Crippen molar-refractivity contribution in [1.82, 2.24) is 4.98 Å². The number of nitrogens with one attached hydrogen (secondary N) is 1. The highest BCUT2D eigenvalue weighted by molar-refractivity contribution is 6.30.